The molecule has 126 valence electrons. The Balaban J connectivity index is 1.87. The number of fused-ring (bicyclic) bond motifs is 1. The number of rotatable bonds is 3. The van der Waals surface area contributed by atoms with E-state index in [1.807, 2.05) is 0 Å². The van der Waals surface area contributed by atoms with Gasteiger partial charge in [0.2, 0.25) is 0 Å². The fourth-order valence-electron chi connectivity index (χ4n) is 3.07. The summed E-state index contributed by atoms with van der Waals surface area (Å²) in [4.78, 5) is 34.7. The molecule has 0 spiro atoms. The van der Waals surface area contributed by atoms with Crippen molar-refractivity contribution in [3.8, 4) is 0 Å². The maximum Gasteiger partial charge on any atom is 0.344 e. The standard InChI is InChI=1S/C17H18N2O5/c1-10-2-4-12(5-3-10)18-16(20)15-9-11-8-13(19(22)23)6-7-14(11)17(21)24-15/h6-10,12H,2-5H2,1H3,(H,18,20). The predicted molar refractivity (Wildman–Crippen MR) is 88.0 cm³/mol. The third kappa shape index (κ3) is 3.29. The highest BCUT2D eigenvalue weighted by atomic mass is 16.6. The molecule has 0 unspecified atom stereocenters. The number of carbonyl (C=O) groups is 1. The fraction of sp³-hybridized carbons (Fsp3) is 0.412. The van der Waals surface area contributed by atoms with Crippen LogP contribution in [0.2, 0.25) is 0 Å². The molecular weight excluding hydrogens is 312 g/mol. The van der Waals surface area contributed by atoms with E-state index in [0.29, 0.717) is 11.3 Å². The summed E-state index contributed by atoms with van der Waals surface area (Å²) in [5, 5.41) is 14.3. The smallest absolute Gasteiger partial charge is 0.344 e. The molecule has 1 aliphatic rings. The van der Waals surface area contributed by atoms with Crippen LogP contribution in [0.1, 0.15) is 43.2 Å². The van der Waals surface area contributed by atoms with E-state index in [1.54, 1.807) is 0 Å². The highest BCUT2D eigenvalue weighted by Crippen LogP contribution is 2.24. The first-order chi connectivity index (χ1) is 11.4. The molecule has 1 N–H and O–H groups in total. The summed E-state index contributed by atoms with van der Waals surface area (Å²) in [6.45, 7) is 2.19. The van der Waals surface area contributed by atoms with Gasteiger partial charge in [0.1, 0.15) is 0 Å². The third-order valence-electron chi connectivity index (χ3n) is 4.53. The molecule has 1 heterocycles. The molecule has 7 heteroatoms. The highest BCUT2D eigenvalue weighted by molar-refractivity contribution is 5.95. The van der Waals surface area contributed by atoms with Crippen molar-refractivity contribution in [2.75, 3.05) is 0 Å². The molecule has 3 rings (SSSR count). The second-order valence-corrected chi connectivity index (χ2v) is 6.36. The van der Waals surface area contributed by atoms with Gasteiger partial charge in [-0.15, -0.1) is 0 Å². The molecule has 2 aromatic rings. The van der Waals surface area contributed by atoms with Crippen molar-refractivity contribution >= 4 is 22.4 Å². The molecule has 1 fully saturated rings. The van der Waals surface area contributed by atoms with Gasteiger partial charge >= 0.3 is 5.63 Å². The molecule has 0 aliphatic heterocycles. The van der Waals surface area contributed by atoms with Crippen LogP contribution >= 0.6 is 0 Å². The molecule has 1 saturated carbocycles. The number of hydrogen-bond acceptors (Lipinski definition) is 5. The molecule has 1 aromatic heterocycles. The van der Waals surface area contributed by atoms with Gasteiger partial charge in [0, 0.05) is 18.2 Å². The lowest BCUT2D eigenvalue weighted by molar-refractivity contribution is -0.384. The van der Waals surface area contributed by atoms with E-state index in [-0.39, 0.29) is 22.9 Å². The number of non-ortho nitro benzene ring substituents is 1. The second-order valence-electron chi connectivity index (χ2n) is 6.36. The average molecular weight is 330 g/mol. The first-order valence-corrected chi connectivity index (χ1v) is 7.97. The number of nitrogens with one attached hydrogen (secondary N) is 1. The van der Waals surface area contributed by atoms with E-state index in [9.17, 15) is 19.7 Å². The van der Waals surface area contributed by atoms with E-state index in [0.717, 1.165) is 25.7 Å². The van der Waals surface area contributed by atoms with Crippen molar-refractivity contribution in [1.29, 1.82) is 0 Å². The van der Waals surface area contributed by atoms with E-state index in [2.05, 4.69) is 12.2 Å². The molecule has 0 saturated heterocycles. The molecule has 0 atom stereocenters. The van der Waals surface area contributed by atoms with Crippen LogP contribution < -0.4 is 10.9 Å². The normalized spacial score (nSPS) is 20.7. The number of nitrogens with zero attached hydrogens (tertiary/aromatic N) is 1. The molecule has 1 aromatic carbocycles. The molecule has 1 aliphatic carbocycles. The number of benzene rings is 1. The maximum absolute atomic E-state index is 12.3. The predicted octanol–water partition coefficient (Wildman–Crippen LogP) is 3.01. The van der Waals surface area contributed by atoms with Gasteiger partial charge in [-0.05, 0) is 49.1 Å². The molecule has 24 heavy (non-hydrogen) atoms. The van der Waals surface area contributed by atoms with Crippen molar-refractivity contribution in [1.82, 2.24) is 5.32 Å². The van der Waals surface area contributed by atoms with Crippen molar-refractivity contribution in [3.05, 3.63) is 50.6 Å². The van der Waals surface area contributed by atoms with Crippen LogP contribution in [0.15, 0.2) is 33.5 Å². The van der Waals surface area contributed by atoms with Crippen LogP contribution in [0.4, 0.5) is 5.69 Å². The Morgan fingerprint density at radius 3 is 2.62 bits per heavy atom. The van der Waals surface area contributed by atoms with Gasteiger partial charge in [-0.1, -0.05) is 6.92 Å². The van der Waals surface area contributed by atoms with Crippen LogP contribution in [0.5, 0.6) is 0 Å². The quantitative estimate of drug-likeness (QED) is 0.688. The largest absolute Gasteiger partial charge is 0.417 e. The lowest BCUT2D eigenvalue weighted by Gasteiger charge is -2.26. The van der Waals surface area contributed by atoms with Crippen molar-refractivity contribution < 1.29 is 14.1 Å². The number of amides is 1. The Labute approximate surface area is 137 Å². The van der Waals surface area contributed by atoms with Gasteiger partial charge < -0.3 is 9.73 Å². The van der Waals surface area contributed by atoms with Crippen LogP contribution in [0, 0.1) is 16.0 Å². The van der Waals surface area contributed by atoms with E-state index < -0.39 is 16.5 Å². The SMILES string of the molecule is CC1CCC(NC(=O)c2cc3cc([N+](=O)[O-])ccc3c(=O)o2)CC1. The van der Waals surface area contributed by atoms with Crippen LogP contribution in [-0.2, 0) is 0 Å². The number of hydrogen-bond donors (Lipinski definition) is 1. The topological polar surface area (TPSA) is 102 Å². The zero-order valence-corrected chi connectivity index (χ0v) is 13.3. The van der Waals surface area contributed by atoms with Crippen LogP contribution in [0.3, 0.4) is 0 Å². The van der Waals surface area contributed by atoms with Crippen molar-refractivity contribution in [3.63, 3.8) is 0 Å². The van der Waals surface area contributed by atoms with E-state index in [4.69, 9.17) is 4.42 Å². The lowest BCUT2D eigenvalue weighted by atomic mass is 9.87. The zero-order chi connectivity index (χ0) is 17.3. The monoisotopic (exact) mass is 330 g/mol. The summed E-state index contributed by atoms with van der Waals surface area (Å²) < 4.78 is 5.08. The lowest BCUT2D eigenvalue weighted by Crippen LogP contribution is -2.37. The Morgan fingerprint density at radius 1 is 1.25 bits per heavy atom. The van der Waals surface area contributed by atoms with Gasteiger partial charge in [0.25, 0.3) is 11.6 Å². The molecule has 0 radical (unpaired) electrons. The Bertz CT molecular complexity index is 850. The summed E-state index contributed by atoms with van der Waals surface area (Å²) in [7, 11) is 0. The fourth-order valence-corrected chi connectivity index (χ4v) is 3.07. The van der Waals surface area contributed by atoms with Crippen molar-refractivity contribution in [2.24, 2.45) is 5.92 Å². The van der Waals surface area contributed by atoms with Gasteiger partial charge in [-0.2, -0.15) is 0 Å². The zero-order valence-electron chi connectivity index (χ0n) is 13.3. The Morgan fingerprint density at radius 2 is 1.96 bits per heavy atom. The van der Waals surface area contributed by atoms with Gasteiger partial charge in [0.05, 0.1) is 10.3 Å². The van der Waals surface area contributed by atoms with Crippen molar-refractivity contribution in [2.45, 2.75) is 38.6 Å². The second kappa shape index (κ2) is 6.43. The number of nitro benzene ring substituents is 1. The summed E-state index contributed by atoms with van der Waals surface area (Å²) in [5.41, 5.74) is -0.814. The minimum absolute atomic E-state index is 0.0693. The molecular formula is C17H18N2O5. The molecule has 0 bridgehead atoms. The van der Waals surface area contributed by atoms with Gasteiger partial charge in [-0.3, -0.25) is 14.9 Å². The van der Waals surface area contributed by atoms with Crippen LogP contribution in [-0.4, -0.2) is 16.9 Å². The van der Waals surface area contributed by atoms with E-state index in [1.165, 1.54) is 24.3 Å². The minimum atomic E-state index is -0.676. The maximum atomic E-state index is 12.3. The molecule has 7 nitrogen and oxygen atoms in total. The first-order valence-electron chi connectivity index (χ1n) is 7.97. The summed E-state index contributed by atoms with van der Waals surface area (Å²) in [5.74, 6) is 0.0870. The third-order valence-corrected chi connectivity index (χ3v) is 4.53. The summed E-state index contributed by atoms with van der Waals surface area (Å²) in [6.07, 6.45) is 3.91. The summed E-state index contributed by atoms with van der Waals surface area (Å²) in [6, 6.07) is 5.29. The Hall–Kier alpha value is -2.70. The average Bonchev–Trinajstić information content (AvgIpc) is 2.56. The van der Waals surface area contributed by atoms with Gasteiger partial charge in [0.15, 0.2) is 5.76 Å². The first kappa shape index (κ1) is 16.2. The number of nitro groups is 1. The minimum Gasteiger partial charge on any atom is -0.417 e. The van der Waals surface area contributed by atoms with Crippen LogP contribution in [0.25, 0.3) is 10.8 Å². The number of carbonyl (C=O) groups excluding carboxylic acids is 1. The highest BCUT2D eigenvalue weighted by Gasteiger charge is 2.22. The van der Waals surface area contributed by atoms with Gasteiger partial charge in [-0.25, -0.2) is 4.79 Å². The molecule has 1 amide bonds. The summed E-state index contributed by atoms with van der Waals surface area (Å²) >= 11 is 0. The van der Waals surface area contributed by atoms with E-state index >= 15 is 0 Å². The Kier molecular flexibility index (Phi) is 4.33.